The van der Waals surface area contributed by atoms with E-state index >= 15 is 0 Å². The van der Waals surface area contributed by atoms with Crippen molar-refractivity contribution >= 4 is 23.3 Å². The van der Waals surface area contributed by atoms with Crippen molar-refractivity contribution in [1.82, 2.24) is 0 Å². The molecule has 0 saturated heterocycles. The van der Waals surface area contributed by atoms with E-state index in [9.17, 15) is 9.59 Å². The molecule has 0 atom stereocenters. The monoisotopic (exact) mass is 232 g/mol. The molecule has 15 heavy (non-hydrogen) atoms. The molecule has 4 nitrogen and oxygen atoms in total. The molecule has 0 unspecified atom stereocenters. The lowest BCUT2D eigenvalue weighted by molar-refractivity contribution is -0.137. The number of thiophene rings is 1. The first-order valence-corrected chi connectivity index (χ1v) is 5.39. The first kappa shape index (κ1) is 16.1. The molecule has 0 aromatic carbocycles. The highest BCUT2D eigenvalue weighted by Crippen LogP contribution is 1.91. The van der Waals surface area contributed by atoms with Crippen molar-refractivity contribution in [3.63, 3.8) is 0 Å². The van der Waals surface area contributed by atoms with Gasteiger partial charge in [0.1, 0.15) is 0 Å². The fraction of sp³-hybridized carbons (Fsp3) is 0.400. The maximum absolute atomic E-state index is 9.37. The van der Waals surface area contributed by atoms with Crippen LogP contribution in [-0.2, 0) is 9.59 Å². The molecule has 0 aliphatic heterocycles. The zero-order valence-electron chi connectivity index (χ0n) is 8.84. The van der Waals surface area contributed by atoms with Crippen LogP contribution in [-0.4, -0.2) is 22.2 Å². The van der Waals surface area contributed by atoms with Gasteiger partial charge in [0, 0.05) is 12.8 Å². The third kappa shape index (κ3) is 24.5. The normalized spacial score (nSPS) is 7.60. The van der Waals surface area contributed by atoms with E-state index in [1.165, 1.54) is 0 Å². The zero-order valence-corrected chi connectivity index (χ0v) is 9.66. The molecule has 0 aliphatic carbocycles. The van der Waals surface area contributed by atoms with Crippen LogP contribution in [0.4, 0.5) is 0 Å². The van der Waals surface area contributed by atoms with E-state index < -0.39 is 11.9 Å². The summed E-state index contributed by atoms with van der Waals surface area (Å²) in [7, 11) is 0. The van der Waals surface area contributed by atoms with Gasteiger partial charge in [-0.25, -0.2) is 0 Å². The lowest BCUT2D eigenvalue weighted by Crippen LogP contribution is -1.86. The molecular formula is C10H16O4S. The van der Waals surface area contributed by atoms with Crippen molar-refractivity contribution < 1.29 is 19.8 Å². The number of aliphatic carboxylic acids is 2. The van der Waals surface area contributed by atoms with Gasteiger partial charge < -0.3 is 10.2 Å². The lowest BCUT2D eigenvalue weighted by atomic mass is 10.5. The highest BCUT2D eigenvalue weighted by Gasteiger charge is 1.81. The van der Waals surface area contributed by atoms with Gasteiger partial charge in [-0.15, -0.1) is 0 Å². The highest BCUT2D eigenvalue weighted by atomic mass is 32.1. The summed E-state index contributed by atoms with van der Waals surface area (Å²) in [5.74, 6) is -1.49. The molecule has 0 bridgehead atoms. The van der Waals surface area contributed by atoms with Gasteiger partial charge >= 0.3 is 11.9 Å². The van der Waals surface area contributed by atoms with E-state index in [0.717, 1.165) is 0 Å². The number of carboxylic acid groups (broad SMARTS) is 2. The van der Waals surface area contributed by atoms with Gasteiger partial charge in [-0.2, -0.15) is 11.3 Å². The molecule has 1 heterocycles. The Kier molecular flexibility index (Phi) is 13.6. The minimum atomic E-state index is -0.745. The van der Waals surface area contributed by atoms with Crippen LogP contribution in [0.3, 0.4) is 0 Å². The summed E-state index contributed by atoms with van der Waals surface area (Å²) in [5.41, 5.74) is 0. The van der Waals surface area contributed by atoms with Gasteiger partial charge in [-0.05, 0) is 10.8 Å². The smallest absolute Gasteiger partial charge is 0.303 e. The molecule has 86 valence electrons. The maximum Gasteiger partial charge on any atom is 0.303 e. The van der Waals surface area contributed by atoms with Gasteiger partial charge in [-0.3, -0.25) is 9.59 Å². The van der Waals surface area contributed by atoms with E-state index in [2.05, 4.69) is 0 Å². The SMILES string of the molecule is CCC(=O)O.CCC(=O)O.c1ccsc1. The van der Waals surface area contributed by atoms with E-state index in [1.54, 1.807) is 25.2 Å². The quantitative estimate of drug-likeness (QED) is 0.822. The van der Waals surface area contributed by atoms with Crippen LogP contribution in [0.15, 0.2) is 22.9 Å². The molecular weight excluding hydrogens is 216 g/mol. The van der Waals surface area contributed by atoms with E-state index in [-0.39, 0.29) is 12.8 Å². The predicted molar refractivity (Wildman–Crippen MR) is 60.2 cm³/mol. The third-order valence-electron chi connectivity index (χ3n) is 1.03. The summed E-state index contributed by atoms with van der Waals surface area (Å²) < 4.78 is 0. The Morgan fingerprint density at radius 2 is 1.27 bits per heavy atom. The standard InChI is InChI=1S/C4H4S.2C3H6O2/c1-2-4-5-3-1;2*1-2-3(4)5/h1-4H;2*2H2,1H3,(H,4,5). The molecule has 0 spiro atoms. The van der Waals surface area contributed by atoms with Crippen molar-refractivity contribution in [3.05, 3.63) is 22.9 Å². The second-order valence-electron chi connectivity index (χ2n) is 2.29. The summed E-state index contributed by atoms with van der Waals surface area (Å²) >= 11 is 1.71. The van der Waals surface area contributed by atoms with E-state index in [0.29, 0.717) is 0 Å². The Morgan fingerprint density at radius 1 is 1.00 bits per heavy atom. The van der Waals surface area contributed by atoms with Crippen molar-refractivity contribution in [2.75, 3.05) is 0 Å². The van der Waals surface area contributed by atoms with Gasteiger partial charge in [0.2, 0.25) is 0 Å². The van der Waals surface area contributed by atoms with Gasteiger partial charge in [0.05, 0.1) is 0 Å². The summed E-state index contributed by atoms with van der Waals surface area (Å²) in [6.45, 7) is 3.20. The second-order valence-corrected chi connectivity index (χ2v) is 3.10. The molecule has 0 aliphatic rings. The van der Waals surface area contributed by atoms with Crippen LogP contribution in [0.5, 0.6) is 0 Å². The number of carbonyl (C=O) groups is 2. The van der Waals surface area contributed by atoms with Crippen molar-refractivity contribution in [3.8, 4) is 0 Å². The lowest BCUT2D eigenvalue weighted by Gasteiger charge is -1.71. The average Bonchev–Trinajstić information content (AvgIpc) is 2.76. The molecule has 5 heteroatoms. The van der Waals surface area contributed by atoms with Gasteiger partial charge in [0.15, 0.2) is 0 Å². The van der Waals surface area contributed by atoms with Crippen LogP contribution in [0.1, 0.15) is 26.7 Å². The largest absolute Gasteiger partial charge is 0.481 e. The predicted octanol–water partition coefficient (Wildman–Crippen LogP) is 2.71. The zero-order chi connectivity index (χ0) is 12.1. The number of carboxylic acids is 2. The van der Waals surface area contributed by atoms with Gasteiger partial charge in [0.25, 0.3) is 0 Å². The van der Waals surface area contributed by atoms with Crippen molar-refractivity contribution in [2.24, 2.45) is 0 Å². The van der Waals surface area contributed by atoms with Crippen LogP contribution >= 0.6 is 11.3 Å². The molecule has 0 saturated carbocycles. The number of hydrogen-bond donors (Lipinski definition) is 2. The fourth-order valence-corrected chi connectivity index (χ4v) is 0.680. The molecule has 1 aromatic heterocycles. The Bertz CT molecular complexity index is 213. The highest BCUT2D eigenvalue weighted by molar-refractivity contribution is 7.07. The van der Waals surface area contributed by atoms with E-state index in [4.69, 9.17) is 10.2 Å². The Morgan fingerprint density at radius 3 is 1.33 bits per heavy atom. The third-order valence-corrected chi connectivity index (χ3v) is 1.66. The number of hydrogen-bond acceptors (Lipinski definition) is 3. The first-order valence-electron chi connectivity index (χ1n) is 4.45. The summed E-state index contributed by atoms with van der Waals surface area (Å²) in [4.78, 5) is 18.7. The molecule has 0 amide bonds. The summed E-state index contributed by atoms with van der Waals surface area (Å²) in [6.07, 6.45) is 0.444. The molecule has 2 N–H and O–H groups in total. The Balaban J connectivity index is 0. The number of rotatable bonds is 2. The molecule has 1 aromatic rings. The van der Waals surface area contributed by atoms with Crippen molar-refractivity contribution in [1.29, 1.82) is 0 Å². The Hall–Kier alpha value is -1.36. The molecule has 0 radical (unpaired) electrons. The summed E-state index contributed by atoms with van der Waals surface area (Å²) in [6, 6.07) is 4.04. The van der Waals surface area contributed by atoms with Crippen LogP contribution in [0.2, 0.25) is 0 Å². The van der Waals surface area contributed by atoms with E-state index in [1.807, 2.05) is 22.9 Å². The minimum Gasteiger partial charge on any atom is -0.481 e. The molecule has 0 fully saturated rings. The molecule has 1 rings (SSSR count). The first-order chi connectivity index (χ1) is 7.04. The van der Waals surface area contributed by atoms with Crippen LogP contribution in [0, 0.1) is 0 Å². The fourth-order valence-electron chi connectivity index (χ4n) is 0.227. The van der Waals surface area contributed by atoms with Gasteiger partial charge in [-0.1, -0.05) is 26.0 Å². The minimum absolute atomic E-state index is 0.222. The topological polar surface area (TPSA) is 74.6 Å². The maximum atomic E-state index is 9.37. The average molecular weight is 232 g/mol. The Labute approximate surface area is 93.2 Å². The summed E-state index contributed by atoms with van der Waals surface area (Å²) in [5, 5.41) is 19.5. The van der Waals surface area contributed by atoms with Crippen LogP contribution < -0.4 is 0 Å². The van der Waals surface area contributed by atoms with Crippen LogP contribution in [0.25, 0.3) is 0 Å². The van der Waals surface area contributed by atoms with Crippen molar-refractivity contribution in [2.45, 2.75) is 26.7 Å². The second kappa shape index (κ2) is 12.6.